The van der Waals surface area contributed by atoms with Crippen molar-refractivity contribution < 1.29 is 19.2 Å². The molecule has 8 nitrogen and oxygen atoms in total. The van der Waals surface area contributed by atoms with Crippen LogP contribution in [0.3, 0.4) is 0 Å². The topological polar surface area (TPSA) is 85.2 Å². The van der Waals surface area contributed by atoms with E-state index in [9.17, 15) is 14.9 Å². The van der Waals surface area contributed by atoms with Gasteiger partial charge in [0.2, 0.25) is 5.91 Å². The molecule has 33 heavy (non-hydrogen) atoms. The predicted molar refractivity (Wildman–Crippen MR) is 127 cm³/mol. The second kappa shape index (κ2) is 9.60. The Bertz CT molecular complexity index is 1150. The molecule has 1 atom stereocenters. The van der Waals surface area contributed by atoms with Gasteiger partial charge in [0.25, 0.3) is 5.69 Å². The molecule has 1 aliphatic rings. The Kier molecular flexibility index (Phi) is 6.62. The van der Waals surface area contributed by atoms with Gasteiger partial charge in [-0.1, -0.05) is 6.07 Å². The largest absolute Gasteiger partial charge is 0.493 e. The van der Waals surface area contributed by atoms with E-state index in [0.29, 0.717) is 23.7 Å². The van der Waals surface area contributed by atoms with Gasteiger partial charge in [0.1, 0.15) is 0 Å². The monoisotopic (exact) mass is 467 g/mol. The fourth-order valence-corrected chi connectivity index (χ4v) is 5.05. The highest BCUT2D eigenvalue weighted by Crippen LogP contribution is 2.42. The van der Waals surface area contributed by atoms with E-state index >= 15 is 0 Å². The highest BCUT2D eigenvalue weighted by Gasteiger charge is 2.33. The fraction of sp³-hybridized carbons (Fsp3) is 0.292. The lowest BCUT2D eigenvalue weighted by atomic mass is 9.91. The average Bonchev–Trinajstić information content (AvgIpc) is 3.37. The van der Waals surface area contributed by atoms with Gasteiger partial charge in [0, 0.05) is 36.3 Å². The SMILES string of the molecule is COc1cc2c(cc1OC)[C@H](c1cccs1)N(CC(=O)N(C)c1ccc([N+](=O)[O-])cc1)CC2. The highest BCUT2D eigenvalue weighted by molar-refractivity contribution is 7.10. The van der Waals surface area contributed by atoms with Crippen LogP contribution >= 0.6 is 11.3 Å². The zero-order valence-corrected chi connectivity index (χ0v) is 19.5. The van der Waals surface area contributed by atoms with Gasteiger partial charge in [-0.3, -0.25) is 19.8 Å². The number of thiophene rings is 1. The molecule has 0 spiro atoms. The summed E-state index contributed by atoms with van der Waals surface area (Å²) < 4.78 is 11.0. The smallest absolute Gasteiger partial charge is 0.269 e. The van der Waals surface area contributed by atoms with Gasteiger partial charge in [0.15, 0.2) is 11.5 Å². The second-order valence-electron chi connectivity index (χ2n) is 7.77. The Morgan fingerprint density at radius 3 is 2.48 bits per heavy atom. The van der Waals surface area contributed by atoms with Crippen LogP contribution in [0.25, 0.3) is 0 Å². The summed E-state index contributed by atoms with van der Waals surface area (Å²) in [5.74, 6) is 1.27. The van der Waals surface area contributed by atoms with Crippen LogP contribution < -0.4 is 14.4 Å². The van der Waals surface area contributed by atoms with Crippen LogP contribution in [-0.2, 0) is 11.2 Å². The number of non-ortho nitro benzene ring substituents is 1. The van der Waals surface area contributed by atoms with E-state index in [1.807, 2.05) is 23.6 Å². The molecular formula is C24H25N3O5S. The second-order valence-corrected chi connectivity index (χ2v) is 8.75. The standard InChI is InChI=1S/C24H25N3O5S/c1-25(17-6-8-18(9-7-17)27(29)30)23(28)15-26-11-10-16-13-20(31-2)21(32-3)14-19(16)24(26)22-5-4-12-33-22/h4-9,12-14,24H,10-11,15H2,1-3H3/t24-/m1/s1. The normalized spacial score (nSPS) is 15.5. The summed E-state index contributed by atoms with van der Waals surface area (Å²) in [5, 5.41) is 13.0. The number of hydrogen-bond acceptors (Lipinski definition) is 7. The molecule has 1 aromatic heterocycles. The lowest BCUT2D eigenvalue weighted by molar-refractivity contribution is -0.384. The van der Waals surface area contributed by atoms with E-state index < -0.39 is 4.92 Å². The third-order valence-corrected chi connectivity index (χ3v) is 6.87. The van der Waals surface area contributed by atoms with Crippen molar-refractivity contribution in [3.8, 4) is 11.5 Å². The van der Waals surface area contributed by atoms with Crippen molar-refractivity contribution in [2.24, 2.45) is 0 Å². The maximum atomic E-state index is 13.2. The summed E-state index contributed by atoms with van der Waals surface area (Å²) in [6, 6.07) is 14.0. The van der Waals surface area contributed by atoms with E-state index in [4.69, 9.17) is 9.47 Å². The molecule has 0 unspecified atom stereocenters. The van der Waals surface area contributed by atoms with E-state index in [-0.39, 0.29) is 24.2 Å². The number of carbonyl (C=O) groups excluding carboxylic acids is 1. The zero-order valence-electron chi connectivity index (χ0n) is 18.7. The van der Waals surface area contributed by atoms with E-state index in [1.165, 1.54) is 17.7 Å². The maximum Gasteiger partial charge on any atom is 0.269 e. The minimum absolute atomic E-state index is 0.00521. The average molecular weight is 468 g/mol. The molecule has 3 aromatic rings. The predicted octanol–water partition coefficient (Wildman–Crippen LogP) is 4.28. The van der Waals surface area contributed by atoms with Crippen molar-refractivity contribution in [2.45, 2.75) is 12.5 Å². The maximum absolute atomic E-state index is 13.2. The van der Waals surface area contributed by atoms with Crippen molar-refractivity contribution in [1.29, 1.82) is 0 Å². The molecule has 0 fully saturated rings. The first kappa shape index (κ1) is 22.8. The summed E-state index contributed by atoms with van der Waals surface area (Å²) in [6.07, 6.45) is 0.784. The Morgan fingerprint density at radius 2 is 1.88 bits per heavy atom. The van der Waals surface area contributed by atoms with Crippen molar-refractivity contribution >= 4 is 28.6 Å². The van der Waals surface area contributed by atoms with Gasteiger partial charge in [-0.2, -0.15) is 0 Å². The summed E-state index contributed by atoms with van der Waals surface area (Å²) >= 11 is 1.65. The Balaban J connectivity index is 1.62. The van der Waals surface area contributed by atoms with Crippen LogP contribution in [0.15, 0.2) is 53.9 Å². The molecule has 0 saturated heterocycles. The zero-order chi connectivity index (χ0) is 23.5. The summed E-state index contributed by atoms with van der Waals surface area (Å²) in [4.78, 5) is 28.5. The van der Waals surface area contributed by atoms with Crippen molar-refractivity contribution in [3.63, 3.8) is 0 Å². The number of nitro benzene ring substituents is 1. The van der Waals surface area contributed by atoms with E-state index in [0.717, 1.165) is 16.9 Å². The first-order valence-corrected chi connectivity index (χ1v) is 11.3. The van der Waals surface area contributed by atoms with Crippen LogP contribution in [0.2, 0.25) is 0 Å². The number of rotatable bonds is 7. The first-order valence-electron chi connectivity index (χ1n) is 10.5. The molecule has 172 valence electrons. The van der Waals surface area contributed by atoms with Crippen molar-refractivity contribution in [1.82, 2.24) is 4.90 Å². The van der Waals surface area contributed by atoms with Crippen LogP contribution in [-0.4, -0.2) is 50.1 Å². The van der Waals surface area contributed by atoms with E-state index in [2.05, 4.69) is 11.0 Å². The number of carbonyl (C=O) groups is 1. The molecule has 0 aliphatic carbocycles. The molecule has 0 radical (unpaired) electrons. The number of nitro groups is 1. The van der Waals surface area contributed by atoms with Crippen LogP contribution in [0.1, 0.15) is 22.0 Å². The quantitative estimate of drug-likeness (QED) is 0.381. The molecule has 1 aliphatic heterocycles. The summed E-state index contributed by atoms with van der Waals surface area (Å²) in [6.45, 7) is 0.925. The number of anilines is 1. The van der Waals surface area contributed by atoms with Crippen LogP contribution in [0.4, 0.5) is 11.4 Å². The van der Waals surface area contributed by atoms with Gasteiger partial charge >= 0.3 is 0 Å². The minimum atomic E-state index is -0.453. The van der Waals surface area contributed by atoms with Gasteiger partial charge < -0.3 is 14.4 Å². The number of benzene rings is 2. The number of nitrogens with zero attached hydrogens (tertiary/aromatic N) is 3. The Morgan fingerprint density at radius 1 is 1.18 bits per heavy atom. The molecule has 0 bridgehead atoms. The Labute approximate surface area is 196 Å². The third-order valence-electron chi connectivity index (χ3n) is 5.95. The number of fused-ring (bicyclic) bond motifs is 1. The van der Waals surface area contributed by atoms with E-state index in [1.54, 1.807) is 49.6 Å². The minimum Gasteiger partial charge on any atom is -0.493 e. The number of methoxy groups -OCH3 is 2. The fourth-order valence-electron chi connectivity index (χ4n) is 4.17. The number of likely N-dealkylation sites (N-methyl/N-ethyl adjacent to an activating group) is 1. The number of hydrogen-bond donors (Lipinski definition) is 0. The molecule has 1 amide bonds. The van der Waals surface area contributed by atoms with Gasteiger partial charge in [-0.25, -0.2) is 0 Å². The Hall–Kier alpha value is -3.43. The molecule has 9 heteroatoms. The molecule has 2 aromatic carbocycles. The van der Waals surface area contributed by atoms with Gasteiger partial charge in [0.05, 0.1) is 31.7 Å². The van der Waals surface area contributed by atoms with Crippen LogP contribution in [0.5, 0.6) is 11.5 Å². The lowest BCUT2D eigenvalue weighted by Crippen LogP contribution is -2.43. The summed E-state index contributed by atoms with van der Waals surface area (Å²) in [5.41, 5.74) is 2.89. The van der Waals surface area contributed by atoms with Gasteiger partial charge in [-0.05, 0) is 53.3 Å². The third kappa shape index (κ3) is 4.55. The number of ether oxygens (including phenoxy) is 2. The molecule has 0 N–H and O–H groups in total. The summed E-state index contributed by atoms with van der Waals surface area (Å²) in [7, 11) is 4.94. The van der Waals surface area contributed by atoms with Crippen LogP contribution in [0, 0.1) is 10.1 Å². The van der Waals surface area contributed by atoms with Crippen molar-refractivity contribution in [3.05, 3.63) is 80.0 Å². The molecule has 0 saturated carbocycles. The van der Waals surface area contributed by atoms with Gasteiger partial charge in [-0.15, -0.1) is 11.3 Å². The first-order chi connectivity index (χ1) is 15.9. The molecule has 2 heterocycles. The molecule has 4 rings (SSSR count). The highest BCUT2D eigenvalue weighted by atomic mass is 32.1. The number of amides is 1. The molecular weight excluding hydrogens is 442 g/mol. The lowest BCUT2D eigenvalue weighted by Gasteiger charge is -2.37. The van der Waals surface area contributed by atoms with Crippen molar-refractivity contribution in [2.75, 3.05) is 39.3 Å².